The molecule has 94 valence electrons. The highest BCUT2D eigenvalue weighted by Gasteiger charge is 2.25. The molecule has 1 heterocycles. The van der Waals surface area contributed by atoms with Crippen molar-refractivity contribution < 1.29 is 9.90 Å². The fourth-order valence-electron chi connectivity index (χ4n) is 2.12. The van der Waals surface area contributed by atoms with Crippen LogP contribution in [0.15, 0.2) is 0 Å². The van der Waals surface area contributed by atoms with Crippen molar-refractivity contribution in [1.82, 2.24) is 10.6 Å². The smallest absolute Gasteiger partial charge is 0.221 e. The van der Waals surface area contributed by atoms with Gasteiger partial charge in [-0.2, -0.15) is 0 Å². The van der Waals surface area contributed by atoms with Crippen LogP contribution in [0.3, 0.4) is 0 Å². The number of carbonyl (C=O) groups excluding carboxylic acids is 1. The van der Waals surface area contributed by atoms with Crippen molar-refractivity contribution in [2.45, 2.75) is 57.5 Å². The lowest BCUT2D eigenvalue weighted by Gasteiger charge is -2.29. The van der Waals surface area contributed by atoms with Crippen LogP contribution < -0.4 is 10.6 Å². The molecule has 0 spiro atoms. The summed E-state index contributed by atoms with van der Waals surface area (Å²) in [5, 5.41) is 15.3. The van der Waals surface area contributed by atoms with E-state index in [9.17, 15) is 4.79 Å². The molecule has 16 heavy (non-hydrogen) atoms. The number of aliphatic hydroxyl groups excluding tert-OH is 1. The maximum Gasteiger partial charge on any atom is 0.221 e. The van der Waals surface area contributed by atoms with Gasteiger partial charge < -0.3 is 15.7 Å². The summed E-state index contributed by atoms with van der Waals surface area (Å²) < 4.78 is 0. The number of rotatable bonds is 6. The van der Waals surface area contributed by atoms with Crippen molar-refractivity contribution in [1.29, 1.82) is 0 Å². The van der Waals surface area contributed by atoms with Crippen LogP contribution in [0.5, 0.6) is 0 Å². The summed E-state index contributed by atoms with van der Waals surface area (Å²) in [5.74, 6) is 0.0946. The van der Waals surface area contributed by atoms with Gasteiger partial charge in [0.15, 0.2) is 0 Å². The maximum absolute atomic E-state index is 11.8. The molecule has 3 N–H and O–H groups in total. The summed E-state index contributed by atoms with van der Waals surface area (Å²) in [7, 11) is 0. The Morgan fingerprint density at radius 1 is 1.62 bits per heavy atom. The van der Waals surface area contributed by atoms with Crippen molar-refractivity contribution >= 4 is 5.91 Å². The number of hydrogen-bond donors (Lipinski definition) is 3. The maximum atomic E-state index is 11.8. The third kappa shape index (κ3) is 4.10. The molecule has 4 heteroatoms. The average Bonchev–Trinajstić information content (AvgIpc) is 2.70. The first-order valence-corrected chi connectivity index (χ1v) is 6.25. The third-order valence-electron chi connectivity index (χ3n) is 3.48. The second-order valence-electron chi connectivity index (χ2n) is 4.93. The second kappa shape index (κ2) is 6.21. The van der Waals surface area contributed by atoms with Crippen LogP contribution in [0.1, 0.15) is 46.0 Å². The largest absolute Gasteiger partial charge is 0.396 e. The third-order valence-corrected chi connectivity index (χ3v) is 3.48. The molecular weight excluding hydrogens is 204 g/mol. The Morgan fingerprint density at radius 2 is 2.38 bits per heavy atom. The number of carbonyl (C=O) groups is 1. The molecule has 0 bridgehead atoms. The molecule has 1 fully saturated rings. The van der Waals surface area contributed by atoms with Crippen LogP contribution >= 0.6 is 0 Å². The highest BCUT2D eigenvalue weighted by atomic mass is 16.3. The normalized spacial score (nSPS) is 24.1. The SMILES string of the molecule is CCC(C)(CCO)NC(=O)CC1CCCN1. The number of amides is 1. The lowest BCUT2D eigenvalue weighted by atomic mass is 9.94. The van der Waals surface area contributed by atoms with E-state index in [0.717, 1.165) is 19.4 Å². The molecule has 0 saturated carbocycles. The fraction of sp³-hybridized carbons (Fsp3) is 0.917. The standard InChI is InChI=1S/C12H24N2O2/c1-3-12(2,6-8-15)14-11(16)9-10-5-4-7-13-10/h10,13,15H,3-9H2,1-2H3,(H,14,16). The van der Waals surface area contributed by atoms with Gasteiger partial charge in [0.2, 0.25) is 5.91 Å². The van der Waals surface area contributed by atoms with Crippen molar-refractivity contribution in [2.75, 3.05) is 13.2 Å². The Bertz CT molecular complexity index is 227. The molecule has 1 aliphatic heterocycles. The van der Waals surface area contributed by atoms with Gasteiger partial charge in [-0.3, -0.25) is 4.79 Å². The Hall–Kier alpha value is -0.610. The second-order valence-corrected chi connectivity index (χ2v) is 4.93. The summed E-state index contributed by atoms with van der Waals surface area (Å²) >= 11 is 0. The van der Waals surface area contributed by atoms with E-state index in [1.165, 1.54) is 6.42 Å². The molecule has 0 radical (unpaired) electrons. The number of hydrogen-bond acceptors (Lipinski definition) is 3. The monoisotopic (exact) mass is 228 g/mol. The van der Waals surface area contributed by atoms with Gasteiger partial charge in [0.25, 0.3) is 0 Å². The summed E-state index contributed by atoms with van der Waals surface area (Å²) in [6.45, 7) is 5.17. The van der Waals surface area contributed by atoms with Crippen molar-refractivity contribution in [2.24, 2.45) is 0 Å². The van der Waals surface area contributed by atoms with Gasteiger partial charge in [-0.05, 0) is 39.2 Å². The van der Waals surface area contributed by atoms with Gasteiger partial charge in [0.05, 0.1) is 0 Å². The molecule has 0 aromatic heterocycles. The zero-order valence-corrected chi connectivity index (χ0v) is 10.4. The molecule has 0 aromatic carbocycles. The van der Waals surface area contributed by atoms with E-state index in [2.05, 4.69) is 10.6 Å². The number of nitrogens with one attached hydrogen (secondary N) is 2. The molecule has 2 unspecified atom stereocenters. The molecule has 4 nitrogen and oxygen atoms in total. The highest BCUT2D eigenvalue weighted by Crippen LogP contribution is 2.15. The molecule has 2 atom stereocenters. The van der Waals surface area contributed by atoms with Gasteiger partial charge >= 0.3 is 0 Å². The lowest BCUT2D eigenvalue weighted by molar-refractivity contribution is -0.123. The summed E-state index contributed by atoms with van der Waals surface area (Å²) in [5.41, 5.74) is -0.259. The van der Waals surface area contributed by atoms with E-state index < -0.39 is 0 Å². The predicted molar refractivity (Wildman–Crippen MR) is 64.2 cm³/mol. The Morgan fingerprint density at radius 3 is 2.88 bits per heavy atom. The van der Waals surface area contributed by atoms with Crippen LogP contribution in [0.2, 0.25) is 0 Å². The zero-order chi connectivity index (χ0) is 12.0. The Labute approximate surface area is 97.8 Å². The Balaban J connectivity index is 2.35. The minimum absolute atomic E-state index is 0.0946. The van der Waals surface area contributed by atoms with Crippen LogP contribution in [-0.4, -0.2) is 35.7 Å². The first kappa shape index (κ1) is 13.5. The van der Waals surface area contributed by atoms with E-state index in [1.807, 2.05) is 13.8 Å². The number of aliphatic hydroxyl groups is 1. The predicted octanol–water partition coefficient (Wildman–Crippen LogP) is 0.796. The van der Waals surface area contributed by atoms with Gasteiger partial charge in [0, 0.05) is 24.6 Å². The van der Waals surface area contributed by atoms with Crippen LogP contribution in [0.25, 0.3) is 0 Å². The minimum atomic E-state index is -0.259. The molecule has 1 saturated heterocycles. The average molecular weight is 228 g/mol. The van der Waals surface area contributed by atoms with Gasteiger partial charge in [-0.1, -0.05) is 6.92 Å². The van der Waals surface area contributed by atoms with Crippen LogP contribution in [0.4, 0.5) is 0 Å². The molecule has 1 aliphatic rings. The van der Waals surface area contributed by atoms with E-state index in [-0.39, 0.29) is 18.1 Å². The molecule has 0 aromatic rings. The highest BCUT2D eigenvalue weighted by molar-refractivity contribution is 5.77. The van der Waals surface area contributed by atoms with E-state index in [0.29, 0.717) is 18.9 Å². The lowest BCUT2D eigenvalue weighted by Crippen LogP contribution is -2.47. The molecule has 1 rings (SSSR count). The van der Waals surface area contributed by atoms with Crippen LogP contribution in [0, 0.1) is 0 Å². The molecular formula is C12H24N2O2. The van der Waals surface area contributed by atoms with E-state index in [1.54, 1.807) is 0 Å². The quantitative estimate of drug-likeness (QED) is 0.630. The van der Waals surface area contributed by atoms with Crippen molar-refractivity contribution in [3.8, 4) is 0 Å². The summed E-state index contributed by atoms with van der Waals surface area (Å²) in [6, 6.07) is 0.343. The molecule has 0 aliphatic carbocycles. The van der Waals surface area contributed by atoms with Gasteiger partial charge in [-0.25, -0.2) is 0 Å². The first-order chi connectivity index (χ1) is 7.59. The Kier molecular flexibility index (Phi) is 5.22. The van der Waals surface area contributed by atoms with Crippen molar-refractivity contribution in [3.05, 3.63) is 0 Å². The minimum Gasteiger partial charge on any atom is -0.396 e. The first-order valence-electron chi connectivity index (χ1n) is 6.25. The molecule has 1 amide bonds. The summed E-state index contributed by atoms with van der Waals surface area (Å²) in [6.07, 6.45) is 4.28. The van der Waals surface area contributed by atoms with E-state index >= 15 is 0 Å². The summed E-state index contributed by atoms with van der Waals surface area (Å²) in [4.78, 5) is 11.8. The van der Waals surface area contributed by atoms with Crippen molar-refractivity contribution in [3.63, 3.8) is 0 Å². The van der Waals surface area contributed by atoms with Gasteiger partial charge in [0.1, 0.15) is 0 Å². The topological polar surface area (TPSA) is 61.4 Å². The van der Waals surface area contributed by atoms with E-state index in [4.69, 9.17) is 5.11 Å². The zero-order valence-electron chi connectivity index (χ0n) is 10.4. The van der Waals surface area contributed by atoms with Crippen LogP contribution in [-0.2, 0) is 4.79 Å². The fourth-order valence-corrected chi connectivity index (χ4v) is 2.12. The van der Waals surface area contributed by atoms with Gasteiger partial charge in [-0.15, -0.1) is 0 Å².